The molecule has 0 atom stereocenters. The maximum absolute atomic E-state index is 3.78. The fourth-order valence-corrected chi connectivity index (χ4v) is 1.66. The molecule has 0 amide bonds. The number of rotatable bonds is 3. The van der Waals surface area contributed by atoms with Crippen LogP contribution in [0.15, 0.2) is 23.8 Å². The molecule has 0 unspecified atom stereocenters. The van der Waals surface area contributed by atoms with E-state index in [1.165, 1.54) is 4.88 Å². The maximum atomic E-state index is 3.78. The summed E-state index contributed by atoms with van der Waals surface area (Å²) in [7, 11) is 0. The molecule has 0 saturated carbocycles. The molecule has 0 spiro atoms. The van der Waals surface area contributed by atoms with E-state index in [9.17, 15) is 0 Å². The molecule has 0 radical (unpaired) electrons. The monoisotopic (exact) mass is 180 g/mol. The van der Waals surface area contributed by atoms with Crippen molar-refractivity contribution in [2.24, 2.45) is 0 Å². The van der Waals surface area contributed by atoms with Crippen molar-refractivity contribution < 1.29 is 0 Å². The van der Waals surface area contributed by atoms with Crippen LogP contribution in [-0.4, -0.2) is 20.2 Å². The van der Waals surface area contributed by atoms with Crippen LogP contribution in [0.5, 0.6) is 0 Å². The van der Waals surface area contributed by atoms with E-state index >= 15 is 0 Å². The van der Waals surface area contributed by atoms with Gasteiger partial charge < -0.3 is 0 Å². The minimum Gasteiger partial charge on any atom is -0.232 e. The van der Waals surface area contributed by atoms with E-state index in [-0.39, 0.29) is 0 Å². The topological polar surface area (TPSA) is 43.6 Å². The van der Waals surface area contributed by atoms with Gasteiger partial charge in [-0.2, -0.15) is 0 Å². The molecule has 12 heavy (non-hydrogen) atoms. The predicted octanol–water partition coefficient (Wildman–Crippen LogP) is 0.977. The highest BCUT2D eigenvalue weighted by Crippen LogP contribution is 2.09. The highest BCUT2D eigenvalue weighted by molar-refractivity contribution is 7.09. The Kier molecular flexibility index (Phi) is 2.13. The molecule has 4 nitrogen and oxygen atoms in total. The standard InChI is InChI=1S/C7H8N4S/c1-2-7(12-5-1)3-4-11-6-8-9-10-11/h1-2,5-6H,3-4H2. The molecule has 2 heterocycles. The molecular weight excluding hydrogens is 172 g/mol. The summed E-state index contributed by atoms with van der Waals surface area (Å²) in [5.74, 6) is 0. The first-order chi connectivity index (χ1) is 5.95. The molecule has 0 aromatic carbocycles. The molecule has 0 N–H and O–H groups in total. The van der Waals surface area contributed by atoms with Crippen LogP contribution in [0, 0.1) is 0 Å². The molecule has 0 saturated heterocycles. The lowest BCUT2D eigenvalue weighted by molar-refractivity contribution is 0.592. The number of tetrazole rings is 1. The van der Waals surface area contributed by atoms with Crippen LogP contribution in [0.25, 0.3) is 0 Å². The summed E-state index contributed by atoms with van der Waals surface area (Å²) >= 11 is 1.76. The lowest BCUT2D eigenvalue weighted by atomic mass is 10.3. The first kappa shape index (κ1) is 7.42. The average molecular weight is 180 g/mol. The van der Waals surface area contributed by atoms with Crippen molar-refractivity contribution in [2.45, 2.75) is 13.0 Å². The molecule has 2 rings (SSSR count). The van der Waals surface area contributed by atoms with Gasteiger partial charge in [-0.3, -0.25) is 0 Å². The van der Waals surface area contributed by atoms with Gasteiger partial charge in [-0.15, -0.1) is 16.4 Å². The summed E-state index contributed by atoms with van der Waals surface area (Å²) in [4.78, 5) is 1.37. The summed E-state index contributed by atoms with van der Waals surface area (Å²) < 4.78 is 1.74. The van der Waals surface area contributed by atoms with Crippen LogP contribution in [0.3, 0.4) is 0 Å². The summed E-state index contributed by atoms with van der Waals surface area (Å²) in [6, 6.07) is 4.18. The van der Waals surface area contributed by atoms with Crippen LogP contribution < -0.4 is 0 Å². The first-order valence-corrected chi connectivity index (χ1v) is 4.56. The number of aromatic nitrogens is 4. The fourth-order valence-electron chi connectivity index (χ4n) is 0.962. The zero-order valence-corrected chi connectivity index (χ0v) is 7.24. The lowest BCUT2D eigenvalue weighted by Gasteiger charge is -1.95. The summed E-state index contributed by atoms with van der Waals surface area (Å²) in [6.07, 6.45) is 2.64. The zero-order chi connectivity index (χ0) is 8.23. The summed E-state index contributed by atoms with van der Waals surface area (Å²) in [6.45, 7) is 0.855. The number of hydrogen-bond acceptors (Lipinski definition) is 4. The van der Waals surface area contributed by atoms with Gasteiger partial charge in [0.1, 0.15) is 6.33 Å². The largest absolute Gasteiger partial charge is 0.232 e. The Balaban J connectivity index is 1.91. The first-order valence-electron chi connectivity index (χ1n) is 3.68. The molecular formula is C7H8N4S. The Hall–Kier alpha value is -1.23. The van der Waals surface area contributed by atoms with E-state index in [1.54, 1.807) is 22.3 Å². The number of aryl methyl sites for hydroxylation is 2. The van der Waals surface area contributed by atoms with Gasteiger partial charge in [0, 0.05) is 17.8 Å². The van der Waals surface area contributed by atoms with Crippen molar-refractivity contribution in [1.29, 1.82) is 0 Å². The van der Waals surface area contributed by atoms with Gasteiger partial charge in [0.2, 0.25) is 0 Å². The second kappa shape index (κ2) is 3.44. The van der Waals surface area contributed by atoms with E-state index in [4.69, 9.17) is 0 Å². The SMILES string of the molecule is c1csc(CCn2cnnn2)c1. The van der Waals surface area contributed by atoms with Crippen molar-refractivity contribution in [3.63, 3.8) is 0 Å². The number of thiophene rings is 1. The molecule has 2 aromatic heterocycles. The smallest absolute Gasteiger partial charge is 0.138 e. The van der Waals surface area contributed by atoms with Gasteiger partial charge in [0.25, 0.3) is 0 Å². The third kappa shape index (κ3) is 1.68. The van der Waals surface area contributed by atoms with E-state index in [2.05, 4.69) is 33.0 Å². The second-order valence-electron chi connectivity index (χ2n) is 2.40. The molecule has 62 valence electrons. The van der Waals surface area contributed by atoms with Crippen LogP contribution in [-0.2, 0) is 13.0 Å². The third-order valence-electron chi connectivity index (χ3n) is 1.56. The van der Waals surface area contributed by atoms with Gasteiger partial charge in [0.05, 0.1) is 0 Å². The number of nitrogens with zero attached hydrogens (tertiary/aromatic N) is 4. The van der Waals surface area contributed by atoms with E-state index in [1.807, 2.05) is 0 Å². The Morgan fingerprint density at radius 3 is 3.17 bits per heavy atom. The fraction of sp³-hybridized carbons (Fsp3) is 0.286. The van der Waals surface area contributed by atoms with Crippen molar-refractivity contribution in [3.8, 4) is 0 Å². The summed E-state index contributed by atoms with van der Waals surface area (Å²) in [5, 5.41) is 13.0. The lowest BCUT2D eigenvalue weighted by Crippen LogP contribution is -2.00. The molecule has 0 fully saturated rings. The van der Waals surface area contributed by atoms with Gasteiger partial charge in [-0.05, 0) is 21.9 Å². The van der Waals surface area contributed by atoms with Crippen LogP contribution in [0.1, 0.15) is 4.88 Å². The molecule has 2 aromatic rings. The Labute approximate surface area is 73.8 Å². The zero-order valence-electron chi connectivity index (χ0n) is 6.42. The highest BCUT2D eigenvalue weighted by Gasteiger charge is 1.95. The predicted molar refractivity (Wildman–Crippen MR) is 45.8 cm³/mol. The average Bonchev–Trinajstić information content (AvgIpc) is 2.74. The minimum atomic E-state index is 0.855. The molecule has 0 aliphatic rings. The minimum absolute atomic E-state index is 0.855. The van der Waals surface area contributed by atoms with E-state index in [0.717, 1.165) is 13.0 Å². The van der Waals surface area contributed by atoms with Crippen molar-refractivity contribution in [3.05, 3.63) is 28.7 Å². The Bertz CT molecular complexity index is 279. The summed E-state index contributed by atoms with van der Waals surface area (Å²) in [5.41, 5.74) is 0. The van der Waals surface area contributed by atoms with Crippen molar-refractivity contribution in [2.75, 3.05) is 0 Å². The van der Waals surface area contributed by atoms with Crippen molar-refractivity contribution >= 4 is 11.3 Å². The van der Waals surface area contributed by atoms with E-state index in [0.29, 0.717) is 0 Å². The van der Waals surface area contributed by atoms with Crippen molar-refractivity contribution in [1.82, 2.24) is 20.2 Å². The normalized spacial score (nSPS) is 10.3. The molecule has 0 bridgehead atoms. The Morgan fingerprint density at radius 1 is 1.50 bits per heavy atom. The van der Waals surface area contributed by atoms with Crippen LogP contribution in [0.2, 0.25) is 0 Å². The third-order valence-corrected chi connectivity index (χ3v) is 2.50. The maximum Gasteiger partial charge on any atom is 0.138 e. The molecule has 0 aliphatic carbocycles. The van der Waals surface area contributed by atoms with Gasteiger partial charge in [-0.25, -0.2) is 4.68 Å². The van der Waals surface area contributed by atoms with E-state index < -0.39 is 0 Å². The second-order valence-corrected chi connectivity index (χ2v) is 3.43. The van der Waals surface area contributed by atoms with Gasteiger partial charge >= 0.3 is 0 Å². The van der Waals surface area contributed by atoms with Gasteiger partial charge in [0.15, 0.2) is 0 Å². The quantitative estimate of drug-likeness (QED) is 0.707. The van der Waals surface area contributed by atoms with Crippen LogP contribution >= 0.6 is 11.3 Å². The molecule has 5 heteroatoms. The Morgan fingerprint density at radius 2 is 2.50 bits per heavy atom. The van der Waals surface area contributed by atoms with Crippen LogP contribution in [0.4, 0.5) is 0 Å². The molecule has 0 aliphatic heterocycles. The number of hydrogen-bond donors (Lipinski definition) is 0. The highest BCUT2D eigenvalue weighted by atomic mass is 32.1. The van der Waals surface area contributed by atoms with Gasteiger partial charge in [-0.1, -0.05) is 6.07 Å².